The first kappa shape index (κ1) is 22.7. The lowest BCUT2D eigenvalue weighted by Crippen LogP contribution is -2.54. The SMILES string of the molecule is C[C@@H]1C[C@H](N2C(=N)C[C@](C)(c3cccc(CC(=O)c4ccnn4C)c3Cl)CC2=O)CCO1. The predicted molar refractivity (Wildman–Crippen MR) is 122 cm³/mol. The lowest BCUT2D eigenvalue weighted by atomic mass is 9.72. The molecule has 2 fully saturated rings. The van der Waals surface area contributed by atoms with Gasteiger partial charge in [0.25, 0.3) is 0 Å². The van der Waals surface area contributed by atoms with Gasteiger partial charge in [0.15, 0.2) is 5.78 Å². The van der Waals surface area contributed by atoms with Crippen LogP contribution in [0.5, 0.6) is 0 Å². The number of piperidine rings is 1. The Labute approximate surface area is 193 Å². The molecule has 170 valence electrons. The third-order valence-corrected chi connectivity index (χ3v) is 7.11. The fourth-order valence-corrected chi connectivity index (χ4v) is 5.42. The van der Waals surface area contributed by atoms with Gasteiger partial charge in [-0.05, 0) is 37.0 Å². The Hall–Kier alpha value is -2.51. The average molecular weight is 457 g/mol. The first-order chi connectivity index (χ1) is 15.2. The largest absolute Gasteiger partial charge is 0.378 e. The molecule has 2 aliphatic rings. The second-order valence-electron chi connectivity index (χ2n) is 9.20. The number of aryl methyl sites for hydroxylation is 1. The highest BCUT2D eigenvalue weighted by atomic mass is 35.5. The summed E-state index contributed by atoms with van der Waals surface area (Å²) in [6.45, 7) is 4.60. The van der Waals surface area contributed by atoms with Crippen LogP contribution in [-0.2, 0) is 28.4 Å². The van der Waals surface area contributed by atoms with Crippen LogP contribution in [0.1, 0.15) is 61.1 Å². The van der Waals surface area contributed by atoms with E-state index in [2.05, 4.69) is 5.10 Å². The number of Topliss-reactive ketones (excluding diaryl/α,β-unsaturated/α-hetero) is 1. The van der Waals surface area contributed by atoms with Crippen LogP contribution in [0, 0.1) is 5.41 Å². The molecule has 0 saturated carbocycles. The second kappa shape index (κ2) is 8.79. The minimum Gasteiger partial charge on any atom is -0.378 e. The number of benzene rings is 1. The number of nitrogens with zero attached hydrogens (tertiary/aromatic N) is 3. The number of carbonyl (C=O) groups is 2. The van der Waals surface area contributed by atoms with E-state index in [1.54, 1.807) is 28.9 Å². The van der Waals surface area contributed by atoms with Crippen LogP contribution in [0.4, 0.5) is 0 Å². The van der Waals surface area contributed by atoms with Gasteiger partial charge in [-0.15, -0.1) is 0 Å². The van der Waals surface area contributed by atoms with Crippen molar-refractivity contribution in [3.8, 4) is 0 Å². The van der Waals surface area contributed by atoms with Crippen molar-refractivity contribution >= 4 is 29.1 Å². The highest BCUT2D eigenvalue weighted by molar-refractivity contribution is 6.32. The number of amides is 1. The van der Waals surface area contributed by atoms with E-state index in [9.17, 15) is 9.59 Å². The van der Waals surface area contributed by atoms with Crippen molar-refractivity contribution in [2.75, 3.05) is 6.61 Å². The normalized spacial score (nSPS) is 26.4. The van der Waals surface area contributed by atoms with Gasteiger partial charge in [0.2, 0.25) is 5.91 Å². The van der Waals surface area contributed by atoms with Crippen LogP contribution in [-0.4, -0.2) is 51.0 Å². The van der Waals surface area contributed by atoms with E-state index < -0.39 is 5.41 Å². The molecule has 32 heavy (non-hydrogen) atoms. The maximum atomic E-state index is 13.2. The van der Waals surface area contributed by atoms with Gasteiger partial charge in [0.1, 0.15) is 11.5 Å². The number of rotatable bonds is 5. The number of hydrogen-bond donors (Lipinski definition) is 1. The quantitative estimate of drug-likeness (QED) is 0.690. The minimum absolute atomic E-state index is 0.0154. The molecule has 2 saturated heterocycles. The number of hydrogen-bond acceptors (Lipinski definition) is 5. The van der Waals surface area contributed by atoms with Gasteiger partial charge in [0.05, 0.1) is 6.10 Å². The summed E-state index contributed by atoms with van der Waals surface area (Å²) < 4.78 is 7.17. The molecule has 8 heteroatoms. The lowest BCUT2D eigenvalue weighted by Gasteiger charge is -2.44. The van der Waals surface area contributed by atoms with E-state index in [1.807, 2.05) is 32.0 Å². The molecule has 7 nitrogen and oxygen atoms in total. The van der Waals surface area contributed by atoms with Crippen LogP contribution in [0.2, 0.25) is 5.02 Å². The van der Waals surface area contributed by atoms with Crippen molar-refractivity contribution in [1.82, 2.24) is 14.7 Å². The molecule has 4 rings (SSSR count). The van der Waals surface area contributed by atoms with Crippen molar-refractivity contribution in [3.05, 3.63) is 52.3 Å². The average Bonchev–Trinajstić information content (AvgIpc) is 3.15. The van der Waals surface area contributed by atoms with Gasteiger partial charge in [-0.3, -0.25) is 24.6 Å². The molecule has 2 aromatic rings. The fourth-order valence-electron chi connectivity index (χ4n) is 5.00. The second-order valence-corrected chi connectivity index (χ2v) is 9.58. The van der Waals surface area contributed by atoms with Gasteiger partial charge < -0.3 is 4.74 Å². The monoisotopic (exact) mass is 456 g/mol. The summed E-state index contributed by atoms with van der Waals surface area (Å²) in [6, 6.07) is 7.33. The zero-order valence-corrected chi connectivity index (χ0v) is 19.5. The maximum Gasteiger partial charge on any atom is 0.229 e. The van der Waals surface area contributed by atoms with E-state index in [4.69, 9.17) is 21.7 Å². The van der Waals surface area contributed by atoms with Crippen LogP contribution in [0.15, 0.2) is 30.5 Å². The number of ketones is 1. The predicted octanol–water partition coefficient (Wildman–Crippen LogP) is 3.92. The summed E-state index contributed by atoms with van der Waals surface area (Å²) in [5, 5.41) is 13.3. The number of amidine groups is 1. The highest BCUT2D eigenvalue weighted by Crippen LogP contribution is 2.42. The Kier molecular flexibility index (Phi) is 6.23. The molecule has 0 bridgehead atoms. The van der Waals surface area contributed by atoms with Gasteiger partial charge in [0, 0.05) is 55.6 Å². The number of halogens is 1. The molecule has 3 atom stereocenters. The van der Waals surface area contributed by atoms with Gasteiger partial charge in [-0.25, -0.2) is 0 Å². The zero-order valence-electron chi connectivity index (χ0n) is 18.7. The summed E-state index contributed by atoms with van der Waals surface area (Å²) in [4.78, 5) is 27.6. The van der Waals surface area contributed by atoms with Crippen LogP contribution >= 0.6 is 11.6 Å². The van der Waals surface area contributed by atoms with Crippen molar-refractivity contribution in [3.63, 3.8) is 0 Å². The van der Waals surface area contributed by atoms with Crippen LogP contribution < -0.4 is 0 Å². The Bertz CT molecular complexity index is 1050. The molecule has 2 aliphatic heterocycles. The molecule has 1 aromatic heterocycles. The van der Waals surface area contributed by atoms with Crippen LogP contribution in [0.25, 0.3) is 0 Å². The Morgan fingerprint density at radius 1 is 1.34 bits per heavy atom. The first-order valence-corrected chi connectivity index (χ1v) is 11.4. The zero-order chi connectivity index (χ0) is 23.0. The topological polar surface area (TPSA) is 88.3 Å². The lowest BCUT2D eigenvalue weighted by molar-refractivity contribution is -0.134. The third-order valence-electron chi connectivity index (χ3n) is 6.67. The van der Waals surface area contributed by atoms with Crippen molar-refractivity contribution < 1.29 is 14.3 Å². The van der Waals surface area contributed by atoms with Gasteiger partial charge in [-0.1, -0.05) is 36.7 Å². The molecule has 0 spiro atoms. The number of ether oxygens (including phenoxy) is 1. The minimum atomic E-state index is -0.593. The Morgan fingerprint density at radius 3 is 2.78 bits per heavy atom. The summed E-state index contributed by atoms with van der Waals surface area (Å²) in [7, 11) is 1.73. The van der Waals surface area contributed by atoms with Crippen LogP contribution in [0.3, 0.4) is 0 Å². The summed E-state index contributed by atoms with van der Waals surface area (Å²) >= 11 is 6.79. The summed E-state index contributed by atoms with van der Waals surface area (Å²) in [5.74, 6) is 0.215. The Morgan fingerprint density at radius 2 is 2.12 bits per heavy atom. The standard InChI is InChI=1S/C24H29ClN4O3/c1-15-11-17(8-10-32-15)29-21(26)13-24(2,14-22(29)31)18-6-4-5-16(23(18)25)12-20(30)19-7-9-27-28(19)3/h4-7,9,15,17,26H,8,10-14H2,1-3H3/t15-,17-,24+/m1/s1. The molecule has 0 unspecified atom stereocenters. The van der Waals surface area contributed by atoms with E-state index in [0.717, 1.165) is 24.0 Å². The fraction of sp³-hybridized carbons (Fsp3) is 0.500. The first-order valence-electron chi connectivity index (χ1n) is 11.0. The van der Waals surface area contributed by atoms with E-state index in [0.29, 0.717) is 29.6 Å². The smallest absolute Gasteiger partial charge is 0.229 e. The molecular formula is C24H29ClN4O3. The number of likely N-dealkylation sites (tertiary alicyclic amines) is 1. The molecule has 3 heterocycles. The summed E-state index contributed by atoms with van der Waals surface area (Å²) in [5.41, 5.74) is 1.46. The molecular weight excluding hydrogens is 428 g/mol. The summed E-state index contributed by atoms with van der Waals surface area (Å²) in [6.07, 6.45) is 4.03. The van der Waals surface area contributed by atoms with E-state index in [1.165, 1.54) is 0 Å². The van der Waals surface area contributed by atoms with Gasteiger partial charge >= 0.3 is 0 Å². The molecule has 0 radical (unpaired) electrons. The van der Waals surface area contributed by atoms with E-state index >= 15 is 0 Å². The molecule has 0 aliphatic carbocycles. The highest BCUT2D eigenvalue weighted by Gasteiger charge is 2.44. The molecule has 1 N–H and O–H groups in total. The Balaban J connectivity index is 1.56. The van der Waals surface area contributed by atoms with Crippen molar-refractivity contribution in [1.29, 1.82) is 5.41 Å². The van der Waals surface area contributed by atoms with Crippen molar-refractivity contribution in [2.24, 2.45) is 7.05 Å². The number of carbonyl (C=O) groups excluding carboxylic acids is 2. The number of nitrogens with one attached hydrogen (secondary N) is 1. The molecule has 1 amide bonds. The van der Waals surface area contributed by atoms with Gasteiger partial charge in [-0.2, -0.15) is 5.10 Å². The third kappa shape index (κ3) is 4.24. The number of aromatic nitrogens is 2. The van der Waals surface area contributed by atoms with Crippen molar-refractivity contribution in [2.45, 2.75) is 63.5 Å². The maximum absolute atomic E-state index is 13.2. The molecule has 1 aromatic carbocycles. The van der Waals surface area contributed by atoms with E-state index in [-0.39, 0.29) is 36.7 Å².